The first-order chi connectivity index (χ1) is 27.4. The Labute approximate surface area is 337 Å². The zero-order valence-corrected chi connectivity index (χ0v) is 32.3. The zero-order valence-electron chi connectivity index (χ0n) is 30.7. The average molecular weight is 798 g/mol. The fraction of sp³-hybridized carbons (Fsp3) is 0. The Bertz CT molecular complexity index is 2300. The molecule has 8 aromatic carbocycles. The largest absolute Gasteiger partial charge is 0.488 e. The highest BCUT2D eigenvalue weighted by molar-refractivity contribution is 9.10. The molecule has 6 nitrogen and oxygen atoms in total. The van der Waals surface area contributed by atoms with Crippen LogP contribution in [0.25, 0.3) is 11.1 Å². The second-order valence-electron chi connectivity index (χ2n) is 12.6. The first-order valence-corrected chi connectivity index (χ1v) is 18.9. The normalized spacial score (nSPS) is 10.2. The van der Waals surface area contributed by atoms with Crippen molar-refractivity contribution in [2.24, 2.45) is 0 Å². The highest BCUT2D eigenvalue weighted by Gasteiger charge is 2.15. The van der Waals surface area contributed by atoms with Crippen LogP contribution >= 0.6 is 15.9 Å². The Hall–Kier alpha value is -6.58. The number of halogens is 1. The highest BCUT2D eigenvalue weighted by Crippen LogP contribution is 2.39. The molecule has 0 spiro atoms. The van der Waals surface area contributed by atoms with Crippen molar-refractivity contribution in [3.63, 3.8) is 0 Å². The molecule has 0 amide bonds. The maximum atomic E-state index is 8.58. The van der Waals surface area contributed by atoms with Crippen LogP contribution in [0.3, 0.4) is 0 Å². The molecule has 0 heterocycles. The molecule has 0 saturated carbocycles. The van der Waals surface area contributed by atoms with Gasteiger partial charge in [0.25, 0.3) is 0 Å². The first kappa shape index (κ1) is 39.1. The van der Waals surface area contributed by atoms with Crippen molar-refractivity contribution in [2.45, 2.75) is 0 Å². The van der Waals surface area contributed by atoms with Crippen molar-refractivity contribution in [3.05, 3.63) is 223 Å². The van der Waals surface area contributed by atoms with Gasteiger partial charge in [0.1, 0.15) is 0 Å². The van der Waals surface area contributed by atoms with Crippen LogP contribution in [-0.4, -0.2) is 17.2 Å². The van der Waals surface area contributed by atoms with E-state index in [0.717, 1.165) is 61.1 Å². The Morgan fingerprint density at radius 2 is 0.714 bits per heavy atom. The number of para-hydroxylation sites is 4. The molecule has 0 unspecified atom stereocenters. The Balaban J connectivity index is 0.000000158. The summed E-state index contributed by atoms with van der Waals surface area (Å²) in [6, 6.07) is 72.4. The van der Waals surface area contributed by atoms with Crippen LogP contribution in [0.5, 0.6) is 0 Å². The topological polar surface area (TPSA) is 99.0 Å². The van der Waals surface area contributed by atoms with Gasteiger partial charge in [-0.1, -0.05) is 133 Å². The van der Waals surface area contributed by atoms with E-state index in [1.54, 1.807) is 24.3 Å². The van der Waals surface area contributed by atoms with E-state index in [1.165, 1.54) is 0 Å². The minimum atomic E-state index is -1.34. The van der Waals surface area contributed by atoms with Gasteiger partial charge in [-0.05, 0) is 112 Å². The van der Waals surface area contributed by atoms with Crippen LogP contribution in [0.1, 0.15) is 0 Å². The predicted octanol–water partition coefficient (Wildman–Crippen LogP) is 11.3. The molecule has 0 fully saturated rings. The smallest absolute Gasteiger partial charge is 0.423 e. The van der Waals surface area contributed by atoms with Crippen molar-refractivity contribution in [1.82, 2.24) is 0 Å². The lowest BCUT2D eigenvalue weighted by molar-refractivity contribution is 0.426. The van der Waals surface area contributed by atoms with Crippen LogP contribution in [0.15, 0.2) is 223 Å². The van der Waals surface area contributed by atoms with Crippen LogP contribution in [0.4, 0.5) is 45.5 Å². The molecule has 0 radical (unpaired) electrons. The van der Waals surface area contributed by atoms with Gasteiger partial charge in [-0.2, -0.15) is 0 Å². The first-order valence-electron chi connectivity index (χ1n) is 18.1. The zero-order chi connectivity index (χ0) is 39.1. The van der Waals surface area contributed by atoms with E-state index < -0.39 is 7.12 Å². The monoisotopic (exact) mass is 796 g/mol. The minimum Gasteiger partial charge on any atom is -0.423 e. The number of rotatable bonds is 8. The van der Waals surface area contributed by atoms with Gasteiger partial charge in [-0.15, -0.1) is 0 Å². The van der Waals surface area contributed by atoms with Crippen molar-refractivity contribution < 1.29 is 10.0 Å². The molecule has 8 aromatic rings. The lowest BCUT2D eigenvalue weighted by atomic mass is 9.81. The molecular weight excluding hydrogens is 755 g/mol. The number of hydrogen-bond donors (Lipinski definition) is 4. The summed E-state index contributed by atoms with van der Waals surface area (Å²) in [6.45, 7) is 0. The fourth-order valence-electron chi connectivity index (χ4n) is 6.03. The van der Waals surface area contributed by atoms with Gasteiger partial charge in [-0.25, -0.2) is 0 Å². The number of hydrogen-bond acceptors (Lipinski definition) is 6. The van der Waals surface area contributed by atoms with Gasteiger partial charge in [-0.3, -0.25) is 0 Å². The molecule has 0 atom stereocenters. The van der Waals surface area contributed by atoms with Crippen molar-refractivity contribution in [3.8, 4) is 11.1 Å². The van der Waals surface area contributed by atoms with E-state index in [2.05, 4.69) is 123 Å². The number of benzene rings is 8. The Kier molecular flexibility index (Phi) is 13.7. The molecule has 0 aliphatic carbocycles. The van der Waals surface area contributed by atoms with Crippen LogP contribution in [0, 0.1) is 0 Å². The van der Waals surface area contributed by atoms with E-state index in [0.29, 0.717) is 5.46 Å². The molecule has 8 heteroatoms. The van der Waals surface area contributed by atoms with Crippen molar-refractivity contribution in [1.29, 1.82) is 0 Å². The molecule has 56 heavy (non-hydrogen) atoms. The summed E-state index contributed by atoms with van der Waals surface area (Å²) in [5.74, 6) is 0. The average Bonchev–Trinajstić information content (AvgIpc) is 3.25. The van der Waals surface area contributed by atoms with E-state index in [1.807, 2.05) is 97.1 Å². The maximum absolute atomic E-state index is 8.58. The number of nitrogens with zero attached hydrogens (tertiary/aromatic N) is 2. The standard InChI is InChI=1S/C24H20N2.C18H15BrN2.C6H7BO2/c25-24-17-16-22(18-23(24)19-10-4-1-5-11-19)26(20-12-6-2-7-13-20)21-14-8-3-9-15-21;19-17-13-16(11-12-18(17)20)21(14-7-3-1-4-8-14)15-9-5-2-6-10-15;8-7(9)6-4-2-1-3-5-6/h1-18H,25H2;1-13H,20H2;1-5,8-9H. The third-order valence-electron chi connectivity index (χ3n) is 8.78. The van der Waals surface area contributed by atoms with Gasteiger partial charge in [0.2, 0.25) is 0 Å². The van der Waals surface area contributed by atoms with Gasteiger partial charge in [0.15, 0.2) is 0 Å². The summed E-state index contributed by atoms with van der Waals surface area (Å²) >= 11 is 3.51. The molecule has 6 N–H and O–H groups in total. The summed E-state index contributed by atoms with van der Waals surface area (Å²) in [6.07, 6.45) is 0. The van der Waals surface area contributed by atoms with E-state index in [-0.39, 0.29) is 0 Å². The van der Waals surface area contributed by atoms with Crippen molar-refractivity contribution >= 4 is 74.0 Å². The van der Waals surface area contributed by atoms with Gasteiger partial charge >= 0.3 is 7.12 Å². The molecule has 0 aromatic heterocycles. The Morgan fingerprint density at radius 3 is 1.07 bits per heavy atom. The molecule has 8 rings (SSSR count). The van der Waals surface area contributed by atoms with E-state index in [4.69, 9.17) is 21.5 Å². The highest BCUT2D eigenvalue weighted by atomic mass is 79.9. The lowest BCUT2D eigenvalue weighted by Crippen LogP contribution is -2.29. The molecule has 0 aliphatic heterocycles. The van der Waals surface area contributed by atoms with E-state index >= 15 is 0 Å². The SMILES string of the molecule is Nc1ccc(N(c2ccccc2)c2ccccc2)cc1-c1ccccc1.Nc1ccc(N(c2ccccc2)c2ccccc2)cc1Br.OB(O)c1ccccc1. The van der Waals surface area contributed by atoms with Crippen molar-refractivity contribution in [2.75, 3.05) is 21.3 Å². The lowest BCUT2D eigenvalue weighted by Gasteiger charge is -2.26. The molecular formula is C48H42BBrN4O2. The van der Waals surface area contributed by atoms with Gasteiger partial charge < -0.3 is 31.3 Å². The van der Waals surface area contributed by atoms with Crippen LogP contribution in [-0.2, 0) is 0 Å². The van der Waals surface area contributed by atoms with E-state index in [9.17, 15) is 0 Å². The van der Waals surface area contributed by atoms with Crippen LogP contribution in [0.2, 0.25) is 0 Å². The number of nitrogen functional groups attached to an aromatic ring is 2. The molecule has 0 saturated heterocycles. The van der Waals surface area contributed by atoms with Gasteiger partial charge in [0.05, 0.1) is 0 Å². The maximum Gasteiger partial charge on any atom is 0.488 e. The second kappa shape index (κ2) is 19.7. The quantitative estimate of drug-likeness (QED) is 0.0903. The third-order valence-corrected chi connectivity index (χ3v) is 9.46. The third kappa shape index (κ3) is 10.3. The fourth-order valence-corrected chi connectivity index (χ4v) is 6.40. The molecule has 0 bridgehead atoms. The number of anilines is 8. The van der Waals surface area contributed by atoms with Crippen LogP contribution < -0.4 is 26.7 Å². The summed E-state index contributed by atoms with van der Waals surface area (Å²) in [7, 11) is -1.34. The van der Waals surface area contributed by atoms with Gasteiger partial charge in [0, 0.05) is 55.5 Å². The minimum absolute atomic E-state index is 0.525. The molecule has 0 aliphatic rings. The predicted molar refractivity (Wildman–Crippen MR) is 240 cm³/mol. The summed E-state index contributed by atoms with van der Waals surface area (Å²) < 4.78 is 0.900. The summed E-state index contributed by atoms with van der Waals surface area (Å²) in [5, 5.41) is 17.2. The second-order valence-corrected chi connectivity index (χ2v) is 13.5. The summed E-state index contributed by atoms with van der Waals surface area (Å²) in [5.41, 5.74) is 23.0. The summed E-state index contributed by atoms with van der Waals surface area (Å²) in [4.78, 5) is 4.44. The molecule has 276 valence electrons. The number of nitrogens with two attached hydrogens (primary N) is 2. The Morgan fingerprint density at radius 1 is 0.375 bits per heavy atom.